The van der Waals surface area contributed by atoms with Gasteiger partial charge in [0.1, 0.15) is 0 Å². The molecular formula is C26H42N2O. The normalized spacial score (nSPS) is 50.2. The van der Waals surface area contributed by atoms with Crippen molar-refractivity contribution in [2.24, 2.45) is 34.0 Å². The Morgan fingerprint density at radius 1 is 1.10 bits per heavy atom. The SMILES string of the molecule is CN[C@@H](C)[C@H]1CC[C@@]2(C)[C@@H]3CC[C@@H]4C(=CC3=CC[C@]12C)CC[C@@H]1NCOC[C@@]14C. The first-order valence-electron chi connectivity index (χ1n) is 12.2. The number of rotatable bonds is 2. The first kappa shape index (κ1) is 20.3. The van der Waals surface area contributed by atoms with Gasteiger partial charge in [-0.2, -0.15) is 0 Å². The van der Waals surface area contributed by atoms with Crippen LogP contribution >= 0.6 is 0 Å². The molecule has 5 rings (SSSR count). The largest absolute Gasteiger partial charge is 0.366 e. The van der Waals surface area contributed by atoms with Crippen LogP contribution in [0.2, 0.25) is 0 Å². The van der Waals surface area contributed by atoms with E-state index in [0.717, 1.165) is 25.2 Å². The Hall–Kier alpha value is -0.640. The molecule has 3 heteroatoms. The summed E-state index contributed by atoms with van der Waals surface area (Å²) >= 11 is 0. The summed E-state index contributed by atoms with van der Waals surface area (Å²) in [5.74, 6) is 2.20. The van der Waals surface area contributed by atoms with Crippen molar-refractivity contribution in [3.8, 4) is 0 Å². The van der Waals surface area contributed by atoms with Crippen molar-refractivity contribution >= 4 is 0 Å². The molecule has 1 heterocycles. The van der Waals surface area contributed by atoms with Crippen molar-refractivity contribution in [2.75, 3.05) is 20.4 Å². The summed E-state index contributed by atoms with van der Waals surface area (Å²) < 4.78 is 5.95. The summed E-state index contributed by atoms with van der Waals surface area (Å²) in [6.07, 6.45) is 14.6. The van der Waals surface area contributed by atoms with Crippen molar-refractivity contribution in [1.29, 1.82) is 0 Å². The summed E-state index contributed by atoms with van der Waals surface area (Å²) in [6, 6.07) is 1.23. The molecule has 3 nitrogen and oxygen atoms in total. The van der Waals surface area contributed by atoms with Crippen molar-refractivity contribution in [3.63, 3.8) is 0 Å². The second kappa shape index (κ2) is 6.93. The number of ether oxygens (including phenoxy) is 1. The molecule has 0 radical (unpaired) electrons. The maximum Gasteiger partial charge on any atom is 0.0967 e. The molecule has 0 aromatic carbocycles. The number of fused-ring (bicyclic) bond motifs is 6. The van der Waals surface area contributed by atoms with Gasteiger partial charge in [0, 0.05) is 17.5 Å². The quantitative estimate of drug-likeness (QED) is 0.683. The molecular weight excluding hydrogens is 356 g/mol. The van der Waals surface area contributed by atoms with Gasteiger partial charge in [0.25, 0.3) is 0 Å². The minimum atomic E-state index is 0.263. The van der Waals surface area contributed by atoms with Crippen molar-refractivity contribution in [3.05, 3.63) is 23.3 Å². The maximum atomic E-state index is 5.95. The fourth-order valence-electron chi connectivity index (χ4n) is 8.61. The van der Waals surface area contributed by atoms with E-state index in [2.05, 4.69) is 57.5 Å². The standard InChI is InChI=1S/C26H42N2O/c1-17(27-5)20-11-13-26(4)22-8-7-21-18(14-19(22)10-12-25(20,26)3)6-9-23-24(21,2)15-29-16-28-23/h10,14,17,20-23,27-28H,6-9,11-13,15-16H2,1-5H3/t17-,20+,21+,22+,23-,24+,25+,26-/m0/s1. The van der Waals surface area contributed by atoms with E-state index >= 15 is 0 Å². The van der Waals surface area contributed by atoms with Gasteiger partial charge >= 0.3 is 0 Å². The van der Waals surface area contributed by atoms with Crippen molar-refractivity contribution in [2.45, 2.75) is 84.7 Å². The van der Waals surface area contributed by atoms with Gasteiger partial charge < -0.3 is 10.1 Å². The minimum Gasteiger partial charge on any atom is -0.366 e. The molecule has 1 aliphatic heterocycles. The maximum absolute atomic E-state index is 5.95. The molecule has 0 aromatic heterocycles. The van der Waals surface area contributed by atoms with Crippen LogP contribution in [0.3, 0.4) is 0 Å². The smallest absolute Gasteiger partial charge is 0.0967 e. The molecule has 1 saturated heterocycles. The Balaban J connectivity index is 1.49. The van der Waals surface area contributed by atoms with Gasteiger partial charge in [-0.1, -0.05) is 38.5 Å². The van der Waals surface area contributed by atoms with Gasteiger partial charge in [-0.15, -0.1) is 0 Å². The molecule has 0 unspecified atom stereocenters. The lowest BCUT2D eigenvalue weighted by Crippen LogP contribution is -2.57. The van der Waals surface area contributed by atoms with Crippen molar-refractivity contribution < 1.29 is 4.74 Å². The van der Waals surface area contributed by atoms with E-state index < -0.39 is 0 Å². The van der Waals surface area contributed by atoms with E-state index in [1.807, 2.05) is 0 Å². The second-order valence-corrected chi connectivity index (χ2v) is 11.7. The van der Waals surface area contributed by atoms with Crippen LogP contribution in [0.1, 0.15) is 72.6 Å². The average Bonchev–Trinajstić information content (AvgIpc) is 2.86. The van der Waals surface area contributed by atoms with Crippen LogP contribution in [0.4, 0.5) is 0 Å². The van der Waals surface area contributed by atoms with Crippen LogP contribution in [-0.2, 0) is 4.74 Å². The zero-order chi connectivity index (χ0) is 20.4. The lowest BCUT2D eigenvalue weighted by Gasteiger charge is -2.53. The second-order valence-electron chi connectivity index (χ2n) is 11.7. The zero-order valence-corrected chi connectivity index (χ0v) is 19.3. The molecule has 29 heavy (non-hydrogen) atoms. The average molecular weight is 399 g/mol. The van der Waals surface area contributed by atoms with Gasteiger partial charge in [-0.25, -0.2) is 0 Å². The molecule has 0 aromatic rings. The van der Waals surface area contributed by atoms with E-state index in [0.29, 0.717) is 28.8 Å². The molecule has 0 spiro atoms. The summed E-state index contributed by atoms with van der Waals surface area (Å²) in [6.45, 7) is 11.8. The van der Waals surface area contributed by atoms with Gasteiger partial charge in [0.2, 0.25) is 0 Å². The molecule has 2 N–H and O–H groups in total. The molecule has 2 saturated carbocycles. The molecule has 5 aliphatic rings. The number of allylic oxidation sites excluding steroid dienone is 4. The Morgan fingerprint density at radius 3 is 2.69 bits per heavy atom. The topological polar surface area (TPSA) is 33.3 Å². The third-order valence-electron chi connectivity index (χ3n) is 10.8. The summed E-state index contributed by atoms with van der Waals surface area (Å²) in [5.41, 5.74) is 4.53. The van der Waals surface area contributed by atoms with E-state index in [1.165, 1.54) is 44.9 Å². The first-order chi connectivity index (χ1) is 13.8. The lowest BCUT2D eigenvalue weighted by molar-refractivity contribution is -0.0738. The van der Waals surface area contributed by atoms with E-state index in [4.69, 9.17) is 4.74 Å². The van der Waals surface area contributed by atoms with E-state index in [1.54, 1.807) is 11.1 Å². The lowest BCUT2D eigenvalue weighted by atomic mass is 9.51. The molecule has 4 aliphatic carbocycles. The fraction of sp³-hybridized carbons (Fsp3) is 0.846. The number of hydrogen-bond acceptors (Lipinski definition) is 3. The van der Waals surface area contributed by atoms with Crippen LogP contribution in [0.25, 0.3) is 0 Å². The van der Waals surface area contributed by atoms with Crippen LogP contribution in [0, 0.1) is 34.0 Å². The Morgan fingerprint density at radius 2 is 1.90 bits per heavy atom. The van der Waals surface area contributed by atoms with Crippen LogP contribution in [-0.4, -0.2) is 32.5 Å². The van der Waals surface area contributed by atoms with Crippen LogP contribution in [0.15, 0.2) is 23.3 Å². The highest BCUT2D eigenvalue weighted by atomic mass is 16.5. The third kappa shape index (κ3) is 2.72. The van der Waals surface area contributed by atoms with Crippen LogP contribution in [0.5, 0.6) is 0 Å². The van der Waals surface area contributed by atoms with Gasteiger partial charge in [0.05, 0.1) is 13.3 Å². The summed E-state index contributed by atoms with van der Waals surface area (Å²) in [5, 5.41) is 7.27. The van der Waals surface area contributed by atoms with Gasteiger partial charge in [-0.05, 0) is 93.1 Å². The summed E-state index contributed by atoms with van der Waals surface area (Å²) in [7, 11) is 2.14. The molecule has 3 fully saturated rings. The van der Waals surface area contributed by atoms with E-state index in [9.17, 15) is 0 Å². The van der Waals surface area contributed by atoms with Gasteiger partial charge in [-0.3, -0.25) is 5.32 Å². The van der Waals surface area contributed by atoms with Crippen molar-refractivity contribution in [1.82, 2.24) is 10.6 Å². The monoisotopic (exact) mass is 398 g/mol. The van der Waals surface area contributed by atoms with E-state index in [-0.39, 0.29) is 5.41 Å². The first-order valence-corrected chi connectivity index (χ1v) is 12.2. The van der Waals surface area contributed by atoms with Crippen LogP contribution < -0.4 is 10.6 Å². The highest BCUT2D eigenvalue weighted by molar-refractivity contribution is 5.37. The number of nitrogens with one attached hydrogen (secondary N) is 2. The molecule has 0 bridgehead atoms. The van der Waals surface area contributed by atoms with Gasteiger partial charge in [0.15, 0.2) is 0 Å². The highest BCUT2D eigenvalue weighted by Gasteiger charge is 2.60. The predicted molar refractivity (Wildman–Crippen MR) is 120 cm³/mol. The minimum absolute atomic E-state index is 0.263. The fourth-order valence-corrected chi connectivity index (χ4v) is 8.61. The third-order valence-corrected chi connectivity index (χ3v) is 10.8. The number of hydrogen-bond donors (Lipinski definition) is 2. The molecule has 0 amide bonds. The Kier molecular flexibility index (Phi) is 4.85. The molecule has 8 atom stereocenters. The Bertz CT molecular complexity index is 728. The Labute approximate surface area is 178 Å². The highest BCUT2D eigenvalue weighted by Crippen LogP contribution is 2.67. The zero-order valence-electron chi connectivity index (χ0n) is 19.3. The summed E-state index contributed by atoms with van der Waals surface area (Å²) in [4.78, 5) is 0. The molecule has 162 valence electrons. The predicted octanol–water partition coefficient (Wildman–Crippen LogP) is 5.05.